The highest BCUT2D eigenvalue weighted by Gasteiger charge is 1.73. The molecular formula is C27H48. The van der Waals surface area contributed by atoms with Crippen molar-refractivity contribution in [1.82, 2.24) is 0 Å². The normalized spacial score (nSPS) is 11.9. The van der Waals surface area contributed by atoms with E-state index in [-0.39, 0.29) is 52.0 Å². The van der Waals surface area contributed by atoms with E-state index in [2.05, 4.69) is 72.3 Å². The second kappa shape index (κ2) is 38.9. The Morgan fingerprint density at radius 2 is 0.704 bits per heavy atom. The highest BCUT2D eigenvalue weighted by atomic mass is 13.8. The first-order valence-electron chi connectivity index (χ1n) is 6.90. The minimum atomic E-state index is 0. The standard InChI is InChI=1S/2C5H6.2C5H4.7CH4/c4*1-2-4-5-3-1;;;;;;;/h2*1-4H,5H2;2*1-2H,3H2;7*1H4. The average molecular weight is 373 g/mol. The summed E-state index contributed by atoms with van der Waals surface area (Å²) >= 11 is 0. The van der Waals surface area contributed by atoms with Crippen LogP contribution in [-0.2, 0) is 0 Å². The first kappa shape index (κ1) is 44.2. The maximum Gasteiger partial charge on any atom is 0.0282 e. The van der Waals surface area contributed by atoms with Gasteiger partial charge in [-0.15, -0.1) is 0 Å². The predicted molar refractivity (Wildman–Crippen MR) is 136 cm³/mol. The van der Waals surface area contributed by atoms with Gasteiger partial charge in [-0.25, -0.2) is 0 Å². The van der Waals surface area contributed by atoms with Crippen LogP contribution in [0.4, 0.5) is 0 Å². The molecule has 0 aromatic heterocycles. The topological polar surface area (TPSA) is 0 Å². The number of hydrogen-bond acceptors (Lipinski definition) is 0. The van der Waals surface area contributed by atoms with Crippen molar-refractivity contribution in [2.24, 2.45) is 0 Å². The van der Waals surface area contributed by atoms with E-state index in [0.29, 0.717) is 0 Å². The lowest BCUT2D eigenvalue weighted by atomic mass is 10.5. The van der Waals surface area contributed by atoms with Crippen LogP contribution in [0, 0.1) is 23.7 Å². The summed E-state index contributed by atoms with van der Waals surface area (Å²) in [6.45, 7) is 0. The molecular weight excluding hydrogens is 324 g/mol. The van der Waals surface area contributed by atoms with Gasteiger partial charge >= 0.3 is 0 Å². The molecule has 0 saturated carbocycles. The zero-order chi connectivity index (χ0) is 14.1. The maximum absolute atomic E-state index is 2.86. The zero-order valence-electron chi connectivity index (χ0n) is 11.8. The largest absolute Gasteiger partial charge is 0.0943 e. The quantitative estimate of drug-likeness (QED) is 0.371. The highest BCUT2D eigenvalue weighted by Crippen LogP contribution is 1.93. The van der Waals surface area contributed by atoms with Crippen molar-refractivity contribution in [3.05, 3.63) is 72.9 Å². The Hall–Kier alpha value is -2.44. The van der Waals surface area contributed by atoms with Gasteiger partial charge in [-0.1, -0.05) is 136 Å². The molecule has 0 atom stereocenters. The van der Waals surface area contributed by atoms with Crippen molar-refractivity contribution in [1.29, 1.82) is 0 Å². The molecule has 4 aliphatic carbocycles. The summed E-state index contributed by atoms with van der Waals surface area (Å²) in [5, 5.41) is 0. The molecule has 4 rings (SSSR count). The predicted octanol–water partition coefficient (Wildman–Crippen LogP) is 9.36. The minimum absolute atomic E-state index is 0. The molecule has 0 radical (unpaired) electrons. The van der Waals surface area contributed by atoms with E-state index in [4.69, 9.17) is 0 Å². The van der Waals surface area contributed by atoms with Gasteiger partial charge in [-0.2, -0.15) is 0 Å². The van der Waals surface area contributed by atoms with Crippen molar-refractivity contribution in [2.75, 3.05) is 0 Å². The van der Waals surface area contributed by atoms with Crippen LogP contribution >= 0.6 is 0 Å². The number of allylic oxidation sites excluding steroid dienone is 12. The van der Waals surface area contributed by atoms with Crippen LogP contribution in [0.2, 0.25) is 0 Å². The maximum atomic E-state index is 2.86. The molecule has 0 N–H and O–H groups in total. The molecule has 0 aliphatic heterocycles. The molecule has 0 saturated heterocycles. The Labute approximate surface area is 174 Å². The monoisotopic (exact) mass is 372 g/mol. The van der Waals surface area contributed by atoms with Crippen LogP contribution in [0.1, 0.15) is 77.7 Å². The Bertz CT molecular complexity index is 468. The van der Waals surface area contributed by atoms with Gasteiger partial charge in [-0.3, -0.25) is 0 Å². The average Bonchev–Trinajstić information content (AvgIpc) is 3.40. The molecule has 0 unspecified atom stereocenters. The van der Waals surface area contributed by atoms with Crippen LogP contribution in [0.15, 0.2) is 72.9 Å². The van der Waals surface area contributed by atoms with Crippen LogP contribution < -0.4 is 0 Å². The van der Waals surface area contributed by atoms with Crippen molar-refractivity contribution >= 4 is 0 Å². The van der Waals surface area contributed by atoms with Crippen molar-refractivity contribution in [3.63, 3.8) is 0 Å². The van der Waals surface area contributed by atoms with Crippen LogP contribution in [0.5, 0.6) is 0 Å². The van der Waals surface area contributed by atoms with E-state index < -0.39 is 0 Å². The van der Waals surface area contributed by atoms with E-state index in [9.17, 15) is 0 Å². The fraction of sp³-hybridized carbons (Fsp3) is 0.407. The van der Waals surface area contributed by atoms with Crippen molar-refractivity contribution in [3.8, 4) is 23.7 Å². The molecule has 0 heteroatoms. The summed E-state index contributed by atoms with van der Waals surface area (Å²) < 4.78 is 0. The fourth-order valence-corrected chi connectivity index (χ4v) is 1.37. The van der Waals surface area contributed by atoms with Gasteiger partial charge in [0.1, 0.15) is 0 Å². The summed E-state index contributed by atoms with van der Waals surface area (Å²) in [6.07, 6.45) is 28.7. The summed E-state index contributed by atoms with van der Waals surface area (Å²) in [4.78, 5) is 0. The lowest BCUT2D eigenvalue weighted by molar-refractivity contribution is 1.45. The van der Waals surface area contributed by atoms with Gasteiger partial charge in [-0.05, 0) is 25.0 Å². The molecule has 156 valence electrons. The zero-order valence-corrected chi connectivity index (χ0v) is 11.8. The molecule has 0 amide bonds. The molecule has 0 aromatic rings. The molecule has 0 spiro atoms. The first-order valence-corrected chi connectivity index (χ1v) is 6.90. The van der Waals surface area contributed by atoms with Crippen molar-refractivity contribution in [2.45, 2.75) is 77.7 Å². The molecule has 4 aliphatic rings. The Morgan fingerprint density at radius 1 is 0.407 bits per heavy atom. The SMILES string of the molecule is C.C.C.C.C.C.C.C1#CCC=C1.C1#CCC=C1.C1=CCC=C1.C1=CCC=C1. The van der Waals surface area contributed by atoms with Gasteiger partial charge < -0.3 is 0 Å². The molecule has 0 fully saturated rings. The van der Waals surface area contributed by atoms with Gasteiger partial charge in [0.25, 0.3) is 0 Å². The summed E-state index contributed by atoms with van der Waals surface area (Å²) in [5.74, 6) is 11.3. The molecule has 27 heavy (non-hydrogen) atoms. The fourth-order valence-electron chi connectivity index (χ4n) is 1.37. The van der Waals surface area contributed by atoms with Gasteiger partial charge in [0.05, 0.1) is 0 Å². The Morgan fingerprint density at radius 3 is 0.778 bits per heavy atom. The minimum Gasteiger partial charge on any atom is -0.0943 e. The van der Waals surface area contributed by atoms with E-state index in [0.717, 1.165) is 25.7 Å². The third-order valence-corrected chi connectivity index (χ3v) is 2.36. The third-order valence-electron chi connectivity index (χ3n) is 2.36. The molecule has 0 heterocycles. The summed E-state index contributed by atoms with van der Waals surface area (Å²) in [5.41, 5.74) is 0. The second-order valence-electron chi connectivity index (χ2n) is 4.04. The van der Waals surface area contributed by atoms with E-state index in [1.54, 1.807) is 0 Å². The molecule has 0 bridgehead atoms. The smallest absolute Gasteiger partial charge is 0.0282 e. The molecule has 0 nitrogen and oxygen atoms in total. The Balaban J connectivity index is -0.0000000364. The van der Waals surface area contributed by atoms with E-state index >= 15 is 0 Å². The van der Waals surface area contributed by atoms with Gasteiger partial charge in [0.2, 0.25) is 0 Å². The van der Waals surface area contributed by atoms with Gasteiger partial charge in [0, 0.05) is 12.8 Å². The van der Waals surface area contributed by atoms with Gasteiger partial charge in [0.15, 0.2) is 0 Å². The first-order chi connectivity index (χ1) is 10.0. The van der Waals surface area contributed by atoms with Crippen LogP contribution in [0.3, 0.4) is 0 Å². The summed E-state index contributed by atoms with van der Waals surface area (Å²) in [7, 11) is 0. The summed E-state index contributed by atoms with van der Waals surface area (Å²) in [6, 6.07) is 0. The molecule has 0 aromatic carbocycles. The lowest BCUT2D eigenvalue weighted by Crippen LogP contribution is -1.39. The Kier molecular flexibility index (Phi) is 63.7. The van der Waals surface area contributed by atoms with E-state index in [1.165, 1.54) is 0 Å². The van der Waals surface area contributed by atoms with Crippen LogP contribution in [0.25, 0.3) is 0 Å². The van der Waals surface area contributed by atoms with E-state index in [1.807, 2.05) is 24.3 Å². The van der Waals surface area contributed by atoms with Crippen molar-refractivity contribution < 1.29 is 0 Å². The highest BCUT2D eigenvalue weighted by molar-refractivity contribution is 5.24. The number of hydrogen-bond donors (Lipinski definition) is 0. The van der Waals surface area contributed by atoms with Crippen LogP contribution in [-0.4, -0.2) is 0 Å². The lowest BCUT2D eigenvalue weighted by Gasteiger charge is -1.57. The number of rotatable bonds is 0. The second-order valence-corrected chi connectivity index (χ2v) is 4.04. The third kappa shape index (κ3) is 35.5.